The first-order valence-corrected chi connectivity index (χ1v) is 17.4. The Hall–Kier alpha value is -5.36. The Bertz CT molecular complexity index is 1960. The van der Waals surface area contributed by atoms with E-state index in [4.69, 9.17) is 37.5 Å². The number of hydrogen-bond donors (Lipinski definition) is 1. The zero-order chi connectivity index (χ0) is 35.5. The van der Waals surface area contributed by atoms with Crippen LogP contribution in [-0.4, -0.2) is 52.8 Å². The van der Waals surface area contributed by atoms with Crippen LogP contribution in [0, 0.1) is 6.92 Å². The summed E-state index contributed by atoms with van der Waals surface area (Å²) in [6, 6.07) is 21.8. The summed E-state index contributed by atoms with van der Waals surface area (Å²) in [5, 5.41) is 13.5. The predicted octanol–water partition coefficient (Wildman–Crippen LogP) is 7.70. The largest absolute Gasteiger partial charge is 0.493 e. The third-order valence-electron chi connectivity index (χ3n) is 7.09. The van der Waals surface area contributed by atoms with E-state index in [1.807, 2.05) is 36.4 Å². The van der Waals surface area contributed by atoms with Gasteiger partial charge in [0.05, 0.1) is 31.6 Å². The number of aromatic nitrogens is 3. The van der Waals surface area contributed by atoms with Crippen LogP contribution < -0.4 is 18.9 Å². The number of hydrogen-bond acceptors (Lipinski definition) is 11. The highest BCUT2D eigenvalue weighted by atomic mass is 31.2. The second-order valence-corrected chi connectivity index (χ2v) is 12.5. The van der Waals surface area contributed by atoms with Gasteiger partial charge in [-0.05, 0) is 74.9 Å². The SMILES string of the molecule is CCOP(=O)(C=Cc1cn(-c2ccccc2)nc1OCc1ccc(OCc2nc(-c3cccc(OCC(=O)O)c3)oc2C)c(OC)c1)OCC. The van der Waals surface area contributed by atoms with Gasteiger partial charge in [-0.2, -0.15) is 0 Å². The molecule has 0 atom stereocenters. The number of benzene rings is 3. The lowest BCUT2D eigenvalue weighted by atomic mass is 10.2. The van der Waals surface area contributed by atoms with Gasteiger partial charge in [0.15, 0.2) is 18.1 Å². The number of aryl methyl sites for hydroxylation is 1. The minimum Gasteiger partial charge on any atom is -0.493 e. The first-order valence-electron chi connectivity index (χ1n) is 15.8. The molecule has 14 heteroatoms. The lowest BCUT2D eigenvalue weighted by Crippen LogP contribution is -2.09. The molecule has 1 N–H and O–H groups in total. The Kier molecular flexibility index (Phi) is 12.1. The Morgan fingerprint density at radius 1 is 0.940 bits per heavy atom. The minimum atomic E-state index is -3.45. The van der Waals surface area contributed by atoms with Gasteiger partial charge < -0.3 is 37.5 Å². The highest BCUT2D eigenvalue weighted by molar-refractivity contribution is 7.57. The molecule has 2 heterocycles. The Labute approximate surface area is 289 Å². The number of para-hydroxylation sites is 1. The van der Waals surface area contributed by atoms with Crippen molar-refractivity contribution >= 4 is 19.6 Å². The molecule has 0 aliphatic heterocycles. The number of rotatable bonds is 18. The van der Waals surface area contributed by atoms with E-state index in [-0.39, 0.29) is 26.4 Å². The first-order chi connectivity index (χ1) is 24.2. The van der Waals surface area contributed by atoms with Gasteiger partial charge in [-0.25, -0.2) is 14.5 Å². The molecule has 0 saturated heterocycles. The Morgan fingerprint density at radius 2 is 1.72 bits per heavy atom. The summed E-state index contributed by atoms with van der Waals surface area (Å²) in [7, 11) is -1.91. The van der Waals surface area contributed by atoms with Gasteiger partial charge in [0.1, 0.15) is 30.4 Å². The van der Waals surface area contributed by atoms with Crippen LogP contribution in [0.25, 0.3) is 23.2 Å². The highest BCUT2D eigenvalue weighted by Gasteiger charge is 2.21. The molecular weight excluding hydrogens is 665 g/mol. The second-order valence-electron chi connectivity index (χ2n) is 10.7. The van der Waals surface area contributed by atoms with Crippen LogP contribution in [0.3, 0.4) is 0 Å². The molecule has 0 radical (unpaired) electrons. The van der Waals surface area contributed by atoms with E-state index in [1.54, 1.807) is 81.2 Å². The van der Waals surface area contributed by atoms with Crippen molar-refractivity contribution in [3.05, 3.63) is 107 Å². The average Bonchev–Trinajstić information content (AvgIpc) is 3.71. The molecule has 2 aromatic heterocycles. The summed E-state index contributed by atoms with van der Waals surface area (Å²) in [5.74, 6) is 2.95. The summed E-state index contributed by atoms with van der Waals surface area (Å²) >= 11 is 0. The molecule has 13 nitrogen and oxygen atoms in total. The number of ether oxygens (including phenoxy) is 4. The Balaban J connectivity index is 1.29. The number of oxazole rings is 1. The monoisotopic (exact) mass is 703 g/mol. The first kappa shape index (κ1) is 35.9. The summed E-state index contributed by atoms with van der Waals surface area (Å²) < 4.78 is 54.6. The predicted molar refractivity (Wildman–Crippen MR) is 185 cm³/mol. The maximum atomic E-state index is 13.1. The van der Waals surface area contributed by atoms with Crippen LogP contribution in [0.2, 0.25) is 0 Å². The topological polar surface area (TPSA) is 154 Å². The van der Waals surface area contributed by atoms with Crippen LogP contribution in [0.1, 0.15) is 36.4 Å². The molecule has 5 rings (SSSR count). The van der Waals surface area contributed by atoms with E-state index in [0.29, 0.717) is 51.6 Å². The van der Waals surface area contributed by atoms with E-state index in [1.165, 1.54) is 5.82 Å². The molecule has 50 heavy (non-hydrogen) atoms. The number of aliphatic carboxylic acids is 1. The fourth-order valence-corrected chi connectivity index (χ4v) is 6.04. The van der Waals surface area contributed by atoms with Crippen molar-refractivity contribution in [2.75, 3.05) is 26.9 Å². The Morgan fingerprint density at radius 3 is 2.44 bits per heavy atom. The zero-order valence-electron chi connectivity index (χ0n) is 28.1. The van der Waals surface area contributed by atoms with Crippen molar-refractivity contribution < 1.29 is 46.9 Å². The van der Waals surface area contributed by atoms with E-state index in [0.717, 1.165) is 11.3 Å². The van der Waals surface area contributed by atoms with Gasteiger partial charge in [-0.15, -0.1) is 5.10 Å². The van der Waals surface area contributed by atoms with Crippen molar-refractivity contribution in [2.24, 2.45) is 0 Å². The summed E-state index contributed by atoms with van der Waals surface area (Å²) in [4.78, 5) is 15.4. The molecule has 5 aromatic rings. The van der Waals surface area contributed by atoms with Gasteiger partial charge in [-0.3, -0.25) is 4.57 Å². The number of methoxy groups -OCH3 is 1. The summed E-state index contributed by atoms with van der Waals surface area (Å²) in [6.45, 7) is 5.56. The summed E-state index contributed by atoms with van der Waals surface area (Å²) in [6.07, 6.45) is 3.41. The lowest BCUT2D eigenvalue weighted by Gasteiger charge is -2.13. The molecule has 262 valence electrons. The fraction of sp³-hybridized carbons (Fsp3) is 0.250. The number of carbonyl (C=O) groups is 1. The average molecular weight is 704 g/mol. The second kappa shape index (κ2) is 16.8. The van der Waals surface area contributed by atoms with E-state index < -0.39 is 20.2 Å². The number of carboxylic acid groups (broad SMARTS) is 1. The molecule has 0 aliphatic carbocycles. The molecule has 0 spiro atoms. The third kappa shape index (κ3) is 9.41. The van der Waals surface area contributed by atoms with Crippen molar-refractivity contribution in [3.8, 4) is 40.3 Å². The molecule has 0 saturated carbocycles. The van der Waals surface area contributed by atoms with Crippen molar-refractivity contribution in [1.29, 1.82) is 0 Å². The van der Waals surface area contributed by atoms with Crippen LogP contribution >= 0.6 is 7.60 Å². The van der Waals surface area contributed by atoms with Crippen molar-refractivity contribution in [1.82, 2.24) is 14.8 Å². The molecule has 0 aliphatic rings. The van der Waals surface area contributed by atoms with Crippen LogP contribution in [0.5, 0.6) is 23.1 Å². The van der Waals surface area contributed by atoms with Gasteiger partial charge in [0.25, 0.3) is 0 Å². The molecule has 0 bridgehead atoms. The number of carboxylic acids is 1. The van der Waals surface area contributed by atoms with Gasteiger partial charge in [0.2, 0.25) is 11.8 Å². The third-order valence-corrected chi connectivity index (χ3v) is 8.84. The maximum Gasteiger partial charge on any atom is 0.354 e. The summed E-state index contributed by atoms with van der Waals surface area (Å²) in [5.41, 5.74) is 3.42. The smallest absolute Gasteiger partial charge is 0.354 e. The van der Waals surface area contributed by atoms with Gasteiger partial charge >= 0.3 is 13.6 Å². The van der Waals surface area contributed by atoms with Crippen molar-refractivity contribution in [3.63, 3.8) is 0 Å². The standard InChI is InChI=1S/C36H38N3O10P/c1-5-47-50(42,48-6-2)18-17-28-21-39(29-12-8-7-9-13-29)38-36(28)46-22-26-15-16-32(33(19-26)43-4)45-23-31-25(3)49-35(37-31)27-11-10-14-30(20-27)44-24-34(40)41/h7-21H,5-6,22-24H2,1-4H3,(H,40,41). The van der Waals surface area contributed by atoms with E-state index in [9.17, 15) is 9.36 Å². The maximum absolute atomic E-state index is 13.1. The highest BCUT2D eigenvalue weighted by Crippen LogP contribution is 2.50. The normalized spacial score (nSPS) is 11.5. The molecule has 0 unspecified atom stereocenters. The molecule has 3 aromatic carbocycles. The van der Waals surface area contributed by atoms with Gasteiger partial charge in [0, 0.05) is 17.6 Å². The van der Waals surface area contributed by atoms with E-state index in [2.05, 4.69) is 10.1 Å². The molecule has 0 fully saturated rings. The lowest BCUT2D eigenvalue weighted by molar-refractivity contribution is -0.139. The van der Waals surface area contributed by atoms with Crippen LogP contribution in [0.15, 0.2) is 89.2 Å². The van der Waals surface area contributed by atoms with Gasteiger partial charge in [-0.1, -0.05) is 30.3 Å². The van der Waals surface area contributed by atoms with Crippen LogP contribution in [0.4, 0.5) is 0 Å². The molecular formula is C36H38N3O10P. The van der Waals surface area contributed by atoms with Crippen molar-refractivity contribution in [2.45, 2.75) is 34.0 Å². The number of nitrogens with zero attached hydrogens (tertiary/aromatic N) is 3. The fourth-order valence-electron chi connectivity index (χ4n) is 4.73. The quantitative estimate of drug-likeness (QED) is 0.0890. The van der Waals surface area contributed by atoms with E-state index >= 15 is 0 Å². The van der Waals surface area contributed by atoms with Crippen LogP contribution in [-0.2, 0) is 31.6 Å². The molecule has 0 amide bonds. The minimum absolute atomic E-state index is 0.108. The zero-order valence-corrected chi connectivity index (χ0v) is 29.0.